The molecular weight excluding hydrogens is 188 g/mol. The van der Waals surface area contributed by atoms with E-state index in [1.807, 2.05) is 12.1 Å². The number of nitrogens with zero attached hydrogens (tertiary/aromatic N) is 1. The highest BCUT2D eigenvalue weighted by Gasteiger charge is 2.15. The maximum atomic E-state index is 5.79. The zero-order valence-corrected chi connectivity index (χ0v) is 9.78. The van der Waals surface area contributed by atoms with Gasteiger partial charge in [-0.15, -0.1) is 0 Å². The molecule has 1 rings (SSSR count). The molecule has 1 aromatic rings. The van der Waals surface area contributed by atoms with Crippen LogP contribution in [-0.2, 0) is 6.54 Å². The molecule has 2 N–H and O–H groups in total. The van der Waals surface area contributed by atoms with Gasteiger partial charge in [0, 0.05) is 12.6 Å². The van der Waals surface area contributed by atoms with E-state index in [4.69, 9.17) is 10.2 Å². The van der Waals surface area contributed by atoms with Crippen LogP contribution >= 0.6 is 0 Å². The standard InChI is InChI=1S/C12H22N2O/c1-3-6-11(9-13)14(4-2)10-12-7-5-8-15-12/h5,7-8,11H,3-4,6,9-10,13H2,1-2H3. The minimum Gasteiger partial charge on any atom is -0.468 e. The summed E-state index contributed by atoms with van der Waals surface area (Å²) in [5.74, 6) is 1.02. The summed E-state index contributed by atoms with van der Waals surface area (Å²) in [5.41, 5.74) is 5.79. The number of likely N-dealkylation sites (N-methyl/N-ethyl adjacent to an activating group) is 1. The molecule has 86 valence electrons. The molecule has 0 bridgehead atoms. The highest BCUT2D eigenvalue weighted by atomic mass is 16.3. The molecule has 3 heteroatoms. The second-order valence-corrected chi connectivity index (χ2v) is 3.82. The van der Waals surface area contributed by atoms with Gasteiger partial charge in [0.1, 0.15) is 5.76 Å². The van der Waals surface area contributed by atoms with Crippen molar-refractivity contribution < 1.29 is 4.42 Å². The van der Waals surface area contributed by atoms with Gasteiger partial charge in [-0.2, -0.15) is 0 Å². The third-order valence-corrected chi connectivity index (χ3v) is 2.76. The minimum absolute atomic E-state index is 0.477. The molecule has 0 aliphatic rings. The summed E-state index contributed by atoms with van der Waals surface area (Å²) in [5, 5.41) is 0. The molecule has 0 saturated heterocycles. The third-order valence-electron chi connectivity index (χ3n) is 2.76. The molecule has 1 heterocycles. The molecular formula is C12H22N2O. The summed E-state index contributed by atoms with van der Waals surface area (Å²) >= 11 is 0. The highest BCUT2D eigenvalue weighted by molar-refractivity contribution is 4.98. The van der Waals surface area contributed by atoms with Crippen LogP contribution in [0.2, 0.25) is 0 Å². The second-order valence-electron chi connectivity index (χ2n) is 3.82. The number of furan rings is 1. The van der Waals surface area contributed by atoms with Crippen molar-refractivity contribution in [3.63, 3.8) is 0 Å². The molecule has 0 saturated carbocycles. The first-order chi connectivity index (χ1) is 7.31. The van der Waals surface area contributed by atoms with Crippen LogP contribution in [0.4, 0.5) is 0 Å². The molecule has 0 fully saturated rings. The van der Waals surface area contributed by atoms with Gasteiger partial charge < -0.3 is 10.2 Å². The molecule has 0 aliphatic heterocycles. The molecule has 15 heavy (non-hydrogen) atoms. The molecule has 0 aromatic carbocycles. The number of rotatable bonds is 7. The normalized spacial score (nSPS) is 13.3. The molecule has 0 amide bonds. The van der Waals surface area contributed by atoms with Gasteiger partial charge in [-0.3, -0.25) is 4.90 Å². The zero-order valence-electron chi connectivity index (χ0n) is 9.78. The molecule has 1 aromatic heterocycles. The van der Waals surface area contributed by atoms with Crippen molar-refractivity contribution >= 4 is 0 Å². The van der Waals surface area contributed by atoms with Gasteiger partial charge in [0.2, 0.25) is 0 Å². The van der Waals surface area contributed by atoms with Gasteiger partial charge >= 0.3 is 0 Å². The van der Waals surface area contributed by atoms with Crippen molar-refractivity contribution in [2.24, 2.45) is 5.73 Å². The fourth-order valence-electron chi connectivity index (χ4n) is 1.88. The Kier molecular flexibility index (Phi) is 5.43. The smallest absolute Gasteiger partial charge is 0.117 e. The van der Waals surface area contributed by atoms with Crippen LogP contribution in [0.3, 0.4) is 0 Å². The molecule has 0 radical (unpaired) electrons. The van der Waals surface area contributed by atoms with Crippen LogP contribution in [0.1, 0.15) is 32.4 Å². The summed E-state index contributed by atoms with van der Waals surface area (Å²) in [6, 6.07) is 4.42. The Bertz CT molecular complexity index is 246. The Labute approximate surface area is 92.2 Å². The van der Waals surface area contributed by atoms with Crippen molar-refractivity contribution in [1.29, 1.82) is 0 Å². The monoisotopic (exact) mass is 210 g/mol. The van der Waals surface area contributed by atoms with Crippen molar-refractivity contribution in [2.75, 3.05) is 13.1 Å². The van der Waals surface area contributed by atoms with E-state index in [0.29, 0.717) is 6.04 Å². The average molecular weight is 210 g/mol. The Morgan fingerprint density at radius 1 is 1.47 bits per heavy atom. The molecule has 1 unspecified atom stereocenters. The largest absolute Gasteiger partial charge is 0.468 e. The first-order valence-electron chi connectivity index (χ1n) is 5.78. The summed E-state index contributed by atoms with van der Waals surface area (Å²) in [7, 11) is 0. The predicted molar refractivity (Wildman–Crippen MR) is 62.5 cm³/mol. The zero-order chi connectivity index (χ0) is 11.1. The van der Waals surface area contributed by atoms with Crippen LogP contribution in [0.25, 0.3) is 0 Å². The minimum atomic E-state index is 0.477. The van der Waals surface area contributed by atoms with E-state index in [0.717, 1.165) is 31.8 Å². The number of hydrogen-bond acceptors (Lipinski definition) is 3. The first-order valence-corrected chi connectivity index (χ1v) is 5.78. The van der Waals surface area contributed by atoms with Gasteiger partial charge in [0.25, 0.3) is 0 Å². The molecule has 0 aliphatic carbocycles. The predicted octanol–water partition coefficient (Wildman–Crippen LogP) is 2.23. The van der Waals surface area contributed by atoms with E-state index >= 15 is 0 Å². The molecule has 3 nitrogen and oxygen atoms in total. The van der Waals surface area contributed by atoms with E-state index < -0.39 is 0 Å². The quantitative estimate of drug-likeness (QED) is 0.750. The van der Waals surface area contributed by atoms with Gasteiger partial charge in [0.05, 0.1) is 12.8 Å². The van der Waals surface area contributed by atoms with Gasteiger partial charge in [-0.25, -0.2) is 0 Å². The number of hydrogen-bond donors (Lipinski definition) is 1. The van der Waals surface area contributed by atoms with Crippen LogP contribution in [0, 0.1) is 0 Å². The third kappa shape index (κ3) is 3.68. The Balaban J connectivity index is 2.53. The van der Waals surface area contributed by atoms with E-state index in [9.17, 15) is 0 Å². The maximum absolute atomic E-state index is 5.79. The summed E-state index contributed by atoms with van der Waals surface area (Å²) in [6.07, 6.45) is 4.06. The summed E-state index contributed by atoms with van der Waals surface area (Å²) < 4.78 is 5.36. The van der Waals surface area contributed by atoms with Crippen LogP contribution in [-0.4, -0.2) is 24.0 Å². The Morgan fingerprint density at radius 2 is 2.27 bits per heavy atom. The second kappa shape index (κ2) is 6.64. The van der Waals surface area contributed by atoms with Crippen molar-refractivity contribution in [2.45, 2.75) is 39.3 Å². The van der Waals surface area contributed by atoms with Gasteiger partial charge in [-0.05, 0) is 25.1 Å². The lowest BCUT2D eigenvalue weighted by Gasteiger charge is -2.28. The average Bonchev–Trinajstić information content (AvgIpc) is 2.75. The Morgan fingerprint density at radius 3 is 2.73 bits per heavy atom. The highest BCUT2D eigenvalue weighted by Crippen LogP contribution is 2.11. The fraction of sp³-hybridized carbons (Fsp3) is 0.667. The van der Waals surface area contributed by atoms with Gasteiger partial charge in [0.15, 0.2) is 0 Å². The van der Waals surface area contributed by atoms with Crippen molar-refractivity contribution in [3.05, 3.63) is 24.2 Å². The summed E-state index contributed by atoms with van der Waals surface area (Å²) in [6.45, 7) is 6.97. The van der Waals surface area contributed by atoms with Crippen molar-refractivity contribution in [3.8, 4) is 0 Å². The lowest BCUT2D eigenvalue weighted by molar-refractivity contribution is 0.177. The topological polar surface area (TPSA) is 42.4 Å². The SMILES string of the molecule is CCCC(CN)N(CC)Cc1ccco1. The van der Waals surface area contributed by atoms with E-state index in [-0.39, 0.29) is 0 Å². The van der Waals surface area contributed by atoms with E-state index in [1.54, 1.807) is 6.26 Å². The van der Waals surface area contributed by atoms with Crippen molar-refractivity contribution in [1.82, 2.24) is 4.90 Å². The van der Waals surface area contributed by atoms with E-state index in [1.165, 1.54) is 6.42 Å². The first kappa shape index (κ1) is 12.3. The van der Waals surface area contributed by atoms with Gasteiger partial charge in [-0.1, -0.05) is 20.3 Å². The lowest BCUT2D eigenvalue weighted by Crippen LogP contribution is -2.39. The molecule has 1 atom stereocenters. The fourth-order valence-corrected chi connectivity index (χ4v) is 1.88. The van der Waals surface area contributed by atoms with Crippen LogP contribution in [0.15, 0.2) is 22.8 Å². The molecule has 0 spiro atoms. The Hall–Kier alpha value is -0.800. The number of nitrogens with two attached hydrogens (primary N) is 1. The van der Waals surface area contributed by atoms with Crippen LogP contribution in [0.5, 0.6) is 0 Å². The maximum Gasteiger partial charge on any atom is 0.117 e. The van der Waals surface area contributed by atoms with E-state index in [2.05, 4.69) is 18.7 Å². The lowest BCUT2D eigenvalue weighted by atomic mass is 10.1. The van der Waals surface area contributed by atoms with Crippen LogP contribution < -0.4 is 5.73 Å². The summed E-state index contributed by atoms with van der Waals surface area (Å²) in [4.78, 5) is 2.38.